The first-order valence-electron chi connectivity index (χ1n) is 15.9. The zero-order chi connectivity index (χ0) is 32.2. The molecule has 222 valence electrons. The standard InChI is InChI=1S/C44H26N4/c45-27-29-22-23-42-38(24-29)37-17-3-6-20-41(37)48(42)43-21-9-13-33(28-46)44(43)32-12-7-10-30(25-32)31-11-8-14-34(26-31)47-39-18-4-1-15-35(39)36-16-2-5-19-40(36)47/h1-26H. The third-order valence-corrected chi connectivity index (χ3v) is 9.37. The Hall–Kier alpha value is -6.88. The van der Waals surface area contributed by atoms with Crippen LogP contribution >= 0.6 is 0 Å². The Kier molecular flexibility index (Phi) is 6.22. The lowest BCUT2D eigenvalue weighted by molar-refractivity contribution is 1.18. The number of para-hydroxylation sites is 3. The maximum atomic E-state index is 10.4. The fraction of sp³-hybridized carbons (Fsp3) is 0. The van der Waals surface area contributed by atoms with E-state index >= 15 is 0 Å². The predicted octanol–water partition coefficient (Wildman–Crippen LogP) is 11.0. The van der Waals surface area contributed by atoms with E-state index < -0.39 is 0 Å². The van der Waals surface area contributed by atoms with E-state index in [-0.39, 0.29) is 0 Å². The molecule has 0 atom stereocenters. The molecule has 0 saturated carbocycles. The minimum absolute atomic E-state index is 0.600. The lowest BCUT2D eigenvalue weighted by atomic mass is 9.94. The van der Waals surface area contributed by atoms with E-state index in [1.165, 1.54) is 21.8 Å². The second-order valence-electron chi connectivity index (χ2n) is 12.0. The number of benzene rings is 7. The normalized spacial score (nSPS) is 11.3. The molecule has 4 nitrogen and oxygen atoms in total. The van der Waals surface area contributed by atoms with Crippen LogP contribution in [-0.4, -0.2) is 9.13 Å². The van der Waals surface area contributed by atoms with Gasteiger partial charge in [0, 0.05) is 32.8 Å². The number of fused-ring (bicyclic) bond motifs is 6. The van der Waals surface area contributed by atoms with E-state index in [1.807, 2.05) is 42.5 Å². The topological polar surface area (TPSA) is 57.4 Å². The average Bonchev–Trinajstić information content (AvgIpc) is 3.67. The molecule has 0 spiro atoms. The summed E-state index contributed by atoms with van der Waals surface area (Å²) in [6, 6.07) is 59.0. The lowest BCUT2D eigenvalue weighted by Crippen LogP contribution is -1.99. The summed E-state index contributed by atoms with van der Waals surface area (Å²) < 4.78 is 4.55. The summed E-state index contributed by atoms with van der Waals surface area (Å²) in [5.74, 6) is 0. The molecule has 2 aromatic heterocycles. The Bertz CT molecular complexity index is 2760. The van der Waals surface area contributed by atoms with Crippen molar-refractivity contribution >= 4 is 43.6 Å². The molecule has 0 unspecified atom stereocenters. The summed E-state index contributed by atoms with van der Waals surface area (Å²) in [5.41, 5.74) is 11.6. The molecule has 0 aliphatic carbocycles. The van der Waals surface area contributed by atoms with Gasteiger partial charge in [-0.05, 0) is 83.4 Å². The minimum atomic E-state index is 0.600. The van der Waals surface area contributed by atoms with Crippen LogP contribution in [0, 0.1) is 22.7 Å². The van der Waals surface area contributed by atoms with Crippen molar-refractivity contribution in [3.8, 4) is 45.8 Å². The van der Waals surface area contributed by atoms with Crippen molar-refractivity contribution in [1.29, 1.82) is 10.5 Å². The SMILES string of the molecule is N#Cc1ccc2c(c1)c1ccccc1n2-c1cccc(C#N)c1-c1cccc(-c2cccc(-n3c4ccccc4c4ccccc43)c2)c1. The number of nitriles is 2. The summed E-state index contributed by atoms with van der Waals surface area (Å²) >= 11 is 0. The van der Waals surface area contributed by atoms with Gasteiger partial charge in [0.1, 0.15) is 0 Å². The molecule has 0 bridgehead atoms. The molecule has 0 aliphatic rings. The van der Waals surface area contributed by atoms with Gasteiger partial charge in [-0.15, -0.1) is 0 Å². The van der Waals surface area contributed by atoms with Crippen molar-refractivity contribution in [2.45, 2.75) is 0 Å². The number of aromatic nitrogens is 2. The van der Waals surface area contributed by atoms with Gasteiger partial charge in [0.2, 0.25) is 0 Å². The number of nitrogens with zero attached hydrogens (tertiary/aromatic N) is 4. The van der Waals surface area contributed by atoms with Gasteiger partial charge in [-0.3, -0.25) is 0 Å². The number of hydrogen-bond donors (Lipinski definition) is 0. The fourth-order valence-electron chi connectivity index (χ4n) is 7.30. The highest BCUT2D eigenvalue weighted by molar-refractivity contribution is 6.11. The molecule has 2 heterocycles. The first kappa shape index (κ1) is 27.4. The molecular weight excluding hydrogens is 585 g/mol. The van der Waals surface area contributed by atoms with Crippen LogP contribution < -0.4 is 0 Å². The Morgan fingerprint density at radius 3 is 1.65 bits per heavy atom. The molecule has 0 fully saturated rings. The van der Waals surface area contributed by atoms with Crippen molar-refractivity contribution in [1.82, 2.24) is 9.13 Å². The summed E-state index contributed by atoms with van der Waals surface area (Å²) in [6.45, 7) is 0. The fourth-order valence-corrected chi connectivity index (χ4v) is 7.30. The van der Waals surface area contributed by atoms with Crippen LogP contribution in [0.5, 0.6) is 0 Å². The van der Waals surface area contributed by atoms with E-state index in [4.69, 9.17) is 0 Å². The average molecular weight is 611 g/mol. The number of rotatable bonds is 4. The third-order valence-electron chi connectivity index (χ3n) is 9.37. The van der Waals surface area contributed by atoms with Crippen LogP contribution in [0.25, 0.3) is 77.2 Å². The first-order chi connectivity index (χ1) is 23.7. The highest BCUT2D eigenvalue weighted by Crippen LogP contribution is 2.39. The van der Waals surface area contributed by atoms with Gasteiger partial charge >= 0.3 is 0 Å². The van der Waals surface area contributed by atoms with Crippen molar-refractivity contribution in [3.05, 3.63) is 169 Å². The molecule has 7 aromatic carbocycles. The van der Waals surface area contributed by atoms with Crippen molar-refractivity contribution < 1.29 is 0 Å². The molecular formula is C44H26N4. The van der Waals surface area contributed by atoms with Gasteiger partial charge in [0.25, 0.3) is 0 Å². The molecule has 0 radical (unpaired) electrons. The van der Waals surface area contributed by atoms with E-state index in [0.717, 1.165) is 55.4 Å². The third kappa shape index (κ3) is 4.14. The zero-order valence-electron chi connectivity index (χ0n) is 25.8. The first-order valence-corrected chi connectivity index (χ1v) is 15.9. The highest BCUT2D eigenvalue weighted by atomic mass is 15.0. The van der Waals surface area contributed by atoms with Crippen LogP contribution in [0.4, 0.5) is 0 Å². The Balaban J connectivity index is 1.23. The maximum Gasteiger partial charge on any atom is 0.0998 e. The van der Waals surface area contributed by atoms with Crippen LogP contribution in [0.2, 0.25) is 0 Å². The smallest absolute Gasteiger partial charge is 0.0998 e. The van der Waals surface area contributed by atoms with Crippen LogP contribution in [0.1, 0.15) is 11.1 Å². The second kappa shape index (κ2) is 10.9. The largest absolute Gasteiger partial charge is 0.309 e. The van der Waals surface area contributed by atoms with Crippen LogP contribution in [-0.2, 0) is 0 Å². The molecule has 48 heavy (non-hydrogen) atoms. The zero-order valence-corrected chi connectivity index (χ0v) is 25.8. The molecule has 0 saturated heterocycles. The van der Waals surface area contributed by atoms with Crippen LogP contribution in [0.3, 0.4) is 0 Å². The summed E-state index contributed by atoms with van der Waals surface area (Å²) in [6.07, 6.45) is 0. The molecule has 4 heteroatoms. The van der Waals surface area contributed by atoms with Gasteiger partial charge in [-0.2, -0.15) is 10.5 Å². The predicted molar refractivity (Wildman–Crippen MR) is 195 cm³/mol. The van der Waals surface area contributed by atoms with Crippen molar-refractivity contribution in [2.75, 3.05) is 0 Å². The highest BCUT2D eigenvalue weighted by Gasteiger charge is 2.19. The van der Waals surface area contributed by atoms with E-state index in [0.29, 0.717) is 11.1 Å². The van der Waals surface area contributed by atoms with Gasteiger partial charge in [0.05, 0.1) is 51.0 Å². The Labute approximate surface area is 277 Å². The lowest BCUT2D eigenvalue weighted by Gasteiger charge is -2.16. The van der Waals surface area contributed by atoms with E-state index in [1.54, 1.807) is 0 Å². The van der Waals surface area contributed by atoms with Gasteiger partial charge in [0.15, 0.2) is 0 Å². The maximum absolute atomic E-state index is 10.4. The molecule has 0 amide bonds. The second-order valence-corrected chi connectivity index (χ2v) is 12.0. The summed E-state index contributed by atoms with van der Waals surface area (Å²) in [5, 5.41) is 24.6. The Morgan fingerprint density at radius 1 is 0.396 bits per heavy atom. The van der Waals surface area contributed by atoms with Gasteiger partial charge in [-0.1, -0.05) is 91.0 Å². The minimum Gasteiger partial charge on any atom is -0.309 e. The molecule has 0 aliphatic heterocycles. The monoisotopic (exact) mass is 610 g/mol. The van der Waals surface area contributed by atoms with Crippen molar-refractivity contribution in [3.63, 3.8) is 0 Å². The summed E-state index contributed by atoms with van der Waals surface area (Å²) in [7, 11) is 0. The number of hydrogen-bond acceptors (Lipinski definition) is 2. The van der Waals surface area contributed by atoms with E-state index in [2.05, 4.69) is 137 Å². The molecule has 0 N–H and O–H groups in total. The van der Waals surface area contributed by atoms with Crippen molar-refractivity contribution in [2.24, 2.45) is 0 Å². The van der Waals surface area contributed by atoms with Gasteiger partial charge < -0.3 is 9.13 Å². The van der Waals surface area contributed by atoms with Gasteiger partial charge in [-0.25, -0.2) is 0 Å². The quantitative estimate of drug-likeness (QED) is 0.199. The molecule has 9 aromatic rings. The van der Waals surface area contributed by atoms with E-state index in [9.17, 15) is 10.5 Å². The summed E-state index contributed by atoms with van der Waals surface area (Å²) in [4.78, 5) is 0. The Morgan fingerprint density at radius 2 is 0.958 bits per heavy atom. The van der Waals surface area contributed by atoms with Crippen LogP contribution in [0.15, 0.2) is 158 Å². The molecule has 9 rings (SSSR count).